The molecule has 168 valence electrons. The van der Waals surface area contributed by atoms with Gasteiger partial charge < -0.3 is 24.3 Å². The molecule has 0 spiro atoms. The number of hydrogen-bond acceptors (Lipinski definition) is 5. The van der Waals surface area contributed by atoms with Crippen LogP contribution >= 0.6 is 0 Å². The van der Waals surface area contributed by atoms with Gasteiger partial charge in [-0.15, -0.1) is 0 Å². The van der Waals surface area contributed by atoms with Gasteiger partial charge in [-0.05, 0) is 42.5 Å². The predicted octanol–water partition coefficient (Wildman–Crippen LogP) is 4.37. The van der Waals surface area contributed by atoms with Crippen molar-refractivity contribution in [2.24, 2.45) is 0 Å². The third-order valence-corrected chi connectivity index (χ3v) is 5.13. The summed E-state index contributed by atoms with van der Waals surface area (Å²) in [6.07, 6.45) is 0.555. The lowest BCUT2D eigenvalue weighted by molar-refractivity contribution is -0.00164. The molecule has 2 aromatic carbocycles. The maximum absolute atomic E-state index is 12.1. The lowest BCUT2D eigenvalue weighted by atomic mass is 9.98. The highest BCUT2D eigenvalue weighted by Crippen LogP contribution is 2.44. The van der Waals surface area contributed by atoms with Crippen LogP contribution < -0.4 is 5.32 Å². The topological polar surface area (TPSA) is 66.0 Å². The molecule has 0 fully saturated rings. The Bertz CT molecular complexity index is 778. The second-order valence-corrected chi connectivity index (χ2v) is 7.75. The molecular weight excluding hydrogens is 394 g/mol. The number of amides is 1. The molecule has 6 heteroatoms. The minimum absolute atomic E-state index is 0.0763. The number of rotatable bonds is 13. The van der Waals surface area contributed by atoms with Crippen molar-refractivity contribution in [3.05, 3.63) is 59.7 Å². The highest BCUT2D eigenvalue weighted by atomic mass is 16.6. The molecule has 0 saturated carbocycles. The van der Waals surface area contributed by atoms with Gasteiger partial charge in [-0.1, -0.05) is 48.5 Å². The van der Waals surface area contributed by atoms with Crippen LogP contribution in [0.5, 0.6) is 0 Å². The van der Waals surface area contributed by atoms with Crippen molar-refractivity contribution in [2.75, 3.05) is 46.2 Å². The van der Waals surface area contributed by atoms with E-state index in [-0.39, 0.29) is 12.0 Å². The Hall–Kier alpha value is -2.41. The summed E-state index contributed by atoms with van der Waals surface area (Å²) < 4.78 is 21.8. The summed E-state index contributed by atoms with van der Waals surface area (Å²) in [5.41, 5.74) is 4.87. The van der Waals surface area contributed by atoms with E-state index in [4.69, 9.17) is 18.9 Å². The number of carbonyl (C=O) groups is 1. The van der Waals surface area contributed by atoms with Crippen LogP contribution in [-0.4, -0.2) is 58.4 Å². The first-order valence-electron chi connectivity index (χ1n) is 11.0. The van der Waals surface area contributed by atoms with Gasteiger partial charge in [0.2, 0.25) is 0 Å². The van der Waals surface area contributed by atoms with E-state index in [1.54, 1.807) is 0 Å². The highest BCUT2D eigenvalue weighted by molar-refractivity contribution is 5.79. The number of alkyl carbamates (subject to hydrolysis) is 1. The molecule has 0 radical (unpaired) electrons. The molecule has 0 heterocycles. The van der Waals surface area contributed by atoms with E-state index in [2.05, 4.69) is 29.6 Å². The Balaban J connectivity index is 1.27. The number of carbonyl (C=O) groups excluding carboxylic acids is 1. The van der Waals surface area contributed by atoms with E-state index in [0.29, 0.717) is 46.2 Å². The van der Waals surface area contributed by atoms with E-state index < -0.39 is 6.09 Å². The van der Waals surface area contributed by atoms with Crippen LogP contribution in [0.3, 0.4) is 0 Å². The van der Waals surface area contributed by atoms with Crippen molar-refractivity contribution in [3.63, 3.8) is 0 Å². The van der Waals surface area contributed by atoms with Crippen molar-refractivity contribution >= 4 is 6.09 Å². The molecule has 0 unspecified atom stereocenters. The Kier molecular flexibility index (Phi) is 9.34. The van der Waals surface area contributed by atoms with Gasteiger partial charge in [-0.25, -0.2) is 4.79 Å². The first-order chi connectivity index (χ1) is 15.2. The van der Waals surface area contributed by atoms with E-state index in [0.717, 1.165) is 6.42 Å². The van der Waals surface area contributed by atoms with Gasteiger partial charge in [0.05, 0.1) is 32.5 Å². The minimum atomic E-state index is -0.393. The summed E-state index contributed by atoms with van der Waals surface area (Å²) in [6.45, 7) is 7.66. The molecule has 31 heavy (non-hydrogen) atoms. The Morgan fingerprint density at radius 3 is 2.10 bits per heavy atom. The van der Waals surface area contributed by atoms with Crippen LogP contribution in [0, 0.1) is 0 Å². The third kappa shape index (κ3) is 7.06. The SMILES string of the molecule is CC(C)OCCOCCOCCCNC(=O)OCC1c2ccccc2-c2ccccc21. The normalized spacial score (nSPS) is 12.6. The quantitative estimate of drug-likeness (QED) is 0.481. The smallest absolute Gasteiger partial charge is 0.407 e. The number of benzene rings is 2. The van der Waals surface area contributed by atoms with Crippen LogP contribution in [-0.2, 0) is 18.9 Å². The molecule has 1 aliphatic rings. The predicted molar refractivity (Wildman–Crippen MR) is 120 cm³/mol. The van der Waals surface area contributed by atoms with E-state index >= 15 is 0 Å². The maximum atomic E-state index is 12.1. The van der Waals surface area contributed by atoms with E-state index in [1.165, 1.54) is 22.3 Å². The molecule has 3 rings (SSSR count). The molecule has 1 amide bonds. The Morgan fingerprint density at radius 2 is 1.45 bits per heavy atom. The highest BCUT2D eigenvalue weighted by Gasteiger charge is 2.28. The van der Waals surface area contributed by atoms with Crippen LogP contribution in [0.1, 0.15) is 37.3 Å². The third-order valence-electron chi connectivity index (χ3n) is 5.13. The zero-order chi connectivity index (χ0) is 21.9. The number of ether oxygens (including phenoxy) is 4. The average molecular weight is 428 g/mol. The lowest BCUT2D eigenvalue weighted by Gasteiger charge is -2.14. The fraction of sp³-hybridized carbons (Fsp3) is 0.480. The van der Waals surface area contributed by atoms with Crippen molar-refractivity contribution in [3.8, 4) is 11.1 Å². The summed E-state index contributed by atoms with van der Waals surface area (Å²) in [6, 6.07) is 16.6. The summed E-state index contributed by atoms with van der Waals surface area (Å²) in [4.78, 5) is 12.1. The van der Waals surface area contributed by atoms with Crippen molar-refractivity contribution in [1.82, 2.24) is 5.32 Å². The summed E-state index contributed by atoms with van der Waals surface area (Å²) in [5, 5.41) is 2.79. The zero-order valence-corrected chi connectivity index (χ0v) is 18.5. The molecule has 6 nitrogen and oxygen atoms in total. The second kappa shape index (κ2) is 12.4. The maximum Gasteiger partial charge on any atom is 0.407 e. The van der Waals surface area contributed by atoms with Crippen LogP contribution in [0.2, 0.25) is 0 Å². The molecule has 0 aliphatic heterocycles. The van der Waals surface area contributed by atoms with Gasteiger partial charge in [0.25, 0.3) is 0 Å². The molecule has 2 aromatic rings. The van der Waals surface area contributed by atoms with Crippen LogP contribution in [0.4, 0.5) is 4.79 Å². The molecular formula is C25H33NO5. The van der Waals surface area contributed by atoms with Gasteiger partial charge in [-0.2, -0.15) is 0 Å². The van der Waals surface area contributed by atoms with Gasteiger partial charge in [0.15, 0.2) is 0 Å². The van der Waals surface area contributed by atoms with Crippen molar-refractivity contribution < 1.29 is 23.7 Å². The van der Waals surface area contributed by atoms with Crippen LogP contribution in [0.25, 0.3) is 11.1 Å². The molecule has 0 aromatic heterocycles. The molecule has 0 bridgehead atoms. The minimum Gasteiger partial charge on any atom is -0.449 e. The average Bonchev–Trinajstić information content (AvgIpc) is 3.09. The Morgan fingerprint density at radius 1 is 0.871 bits per heavy atom. The van der Waals surface area contributed by atoms with Gasteiger partial charge in [0.1, 0.15) is 6.61 Å². The largest absolute Gasteiger partial charge is 0.449 e. The summed E-state index contributed by atoms with van der Waals surface area (Å²) in [5.74, 6) is 0.0763. The van der Waals surface area contributed by atoms with Crippen molar-refractivity contribution in [2.45, 2.75) is 32.3 Å². The fourth-order valence-electron chi connectivity index (χ4n) is 3.68. The monoisotopic (exact) mass is 427 g/mol. The lowest BCUT2D eigenvalue weighted by Crippen LogP contribution is -2.27. The Labute approximate surface area is 184 Å². The number of hydrogen-bond donors (Lipinski definition) is 1. The van der Waals surface area contributed by atoms with Gasteiger partial charge in [-0.3, -0.25) is 0 Å². The van der Waals surface area contributed by atoms with E-state index in [9.17, 15) is 4.79 Å². The second-order valence-electron chi connectivity index (χ2n) is 7.75. The summed E-state index contributed by atoms with van der Waals surface area (Å²) in [7, 11) is 0. The van der Waals surface area contributed by atoms with E-state index in [1.807, 2.05) is 38.1 Å². The van der Waals surface area contributed by atoms with Gasteiger partial charge >= 0.3 is 6.09 Å². The van der Waals surface area contributed by atoms with Crippen LogP contribution in [0.15, 0.2) is 48.5 Å². The first-order valence-corrected chi connectivity index (χ1v) is 11.0. The first kappa shape index (κ1) is 23.3. The molecule has 0 atom stereocenters. The summed E-state index contributed by atoms with van der Waals surface area (Å²) >= 11 is 0. The van der Waals surface area contributed by atoms with Crippen molar-refractivity contribution in [1.29, 1.82) is 0 Å². The fourth-order valence-corrected chi connectivity index (χ4v) is 3.68. The number of nitrogens with one attached hydrogen (secondary N) is 1. The zero-order valence-electron chi connectivity index (χ0n) is 18.5. The van der Waals surface area contributed by atoms with Gasteiger partial charge in [0, 0.05) is 19.1 Å². The molecule has 1 aliphatic carbocycles. The standard InChI is InChI=1S/C25H33NO5/c1-19(2)30-17-16-29-15-14-28-13-7-12-26-25(27)31-18-24-22-10-5-3-8-20(22)21-9-4-6-11-23(21)24/h3-6,8-11,19,24H,7,12-18H2,1-2H3,(H,26,27). The number of fused-ring (bicyclic) bond motifs is 3. The molecule has 1 N–H and O–H groups in total. The molecule has 0 saturated heterocycles.